The highest BCUT2D eigenvalue weighted by atomic mass is 16.5. The average Bonchev–Trinajstić information content (AvgIpc) is 2.75. The van der Waals surface area contributed by atoms with E-state index in [4.69, 9.17) is 9.47 Å². The number of carbonyl (C=O) groups is 2. The normalized spacial score (nSPS) is 18.8. The van der Waals surface area contributed by atoms with Crippen LogP contribution in [0.3, 0.4) is 0 Å². The molecule has 0 saturated carbocycles. The van der Waals surface area contributed by atoms with Crippen LogP contribution in [0.1, 0.15) is 25.3 Å². The maximum atomic E-state index is 12.9. The van der Waals surface area contributed by atoms with Crippen LogP contribution in [0.2, 0.25) is 0 Å². The Bertz CT molecular complexity index is 823. The number of amides is 2. The van der Waals surface area contributed by atoms with Gasteiger partial charge in [-0.15, -0.1) is 0 Å². The number of hydrogen-bond donors (Lipinski definition) is 1. The van der Waals surface area contributed by atoms with Crippen LogP contribution in [0, 0.1) is 5.41 Å². The van der Waals surface area contributed by atoms with E-state index in [1.807, 2.05) is 37.3 Å². The van der Waals surface area contributed by atoms with Crippen LogP contribution < -0.4 is 10.1 Å². The van der Waals surface area contributed by atoms with Crippen LogP contribution in [0.25, 0.3) is 0 Å². The zero-order valence-corrected chi connectivity index (χ0v) is 17.0. The van der Waals surface area contributed by atoms with Crippen LogP contribution in [0.5, 0.6) is 5.75 Å². The summed E-state index contributed by atoms with van der Waals surface area (Å²) in [6.45, 7) is 3.08. The number of rotatable bonds is 6. The minimum Gasteiger partial charge on any atom is -0.497 e. The van der Waals surface area contributed by atoms with Gasteiger partial charge in [0.1, 0.15) is 5.75 Å². The molecule has 0 unspecified atom stereocenters. The van der Waals surface area contributed by atoms with Crippen molar-refractivity contribution in [2.24, 2.45) is 5.41 Å². The van der Waals surface area contributed by atoms with E-state index in [2.05, 4.69) is 5.32 Å². The second-order valence-electron chi connectivity index (χ2n) is 7.35. The lowest BCUT2D eigenvalue weighted by molar-refractivity contribution is -0.158. The number of piperidine rings is 1. The van der Waals surface area contributed by atoms with Gasteiger partial charge in [0.15, 0.2) is 0 Å². The van der Waals surface area contributed by atoms with E-state index in [0.717, 1.165) is 17.7 Å². The molecule has 1 heterocycles. The van der Waals surface area contributed by atoms with Gasteiger partial charge in [0.25, 0.3) is 0 Å². The average molecular weight is 396 g/mol. The molecule has 6 heteroatoms. The zero-order valence-electron chi connectivity index (χ0n) is 17.0. The Kier molecular flexibility index (Phi) is 6.75. The number of nitrogens with zero attached hydrogens (tertiary/aromatic N) is 1. The first-order valence-electron chi connectivity index (χ1n) is 9.97. The minimum atomic E-state index is -0.729. The number of likely N-dealkylation sites (tertiary alicyclic amines) is 1. The zero-order chi connectivity index (χ0) is 20.7. The minimum absolute atomic E-state index is 0.211. The summed E-state index contributed by atoms with van der Waals surface area (Å²) >= 11 is 0. The number of nitrogens with one attached hydrogen (secondary N) is 1. The van der Waals surface area contributed by atoms with E-state index >= 15 is 0 Å². The third kappa shape index (κ3) is 5.08. The third-order valence-corrected chi connectivity index (χ3v) is 5.30. The van der Waals surface area contributed by atoms with E-state index in [-0.39, 0.29) is 12.0 Å². The van der Waals surface area contributed by atoms with E-state index < -0.39 is 5.41 Å². The third-order valence-electron chi connectivity index (χ3n) is 5.30. The Hall–Kier alpha value is -3.02. The highest BCUT2D eigenvalue weighted by Gasteiger charge is 2.44. The summed E-state index contributed by atoms with van der Waals surface area (Å²) in [4.78, 5) is 27.5. The molecule has 1 N–H and O–H groups in total. The fourth-order valence-electron chi connectivity index (χ4n) is 3.84. The topological polar surface area (TPSA) is 67.9 Å². The molecule has 2 aromatic rings. The maximum Gasteiger partial charge on any atom is 0.321 e. The summed E-state index contributed by atoms with van der Waals surface area (Å²) in [5.41, 5.74) is 1.02. The number of urea groups is 1. The monoisotopic (exact) mass is 396 g/mol. The Morgan fingerprint density at radius 1 is 1.10 bits per heavy atom. The molecule has 1 saturated heterocycles. The van der Waals surface area contributed by atoms with Gasteiger partial charge in [0.2, 0.25) is 0 Å². The quantitative estimate of drug-likeness (QED) is 0.746. The molecule has 1 aliphatic rings. The first kappa shape index (κ1) is 20.7. The molecule has 2 amide bonds. The Balaban J connectivity index is 1.76. The molecule has 154 valence electrons. The largest absolute Gasteiger partial charge is 0.497 e. The van der Waals surface area contributed by atoms with E-state index in [9.17, 15) is 9.59 Å². The van der Waals surface area contributed by atoms with Crippen molar-refractivity contribution in [1.29, 1.82) is 0 Å². The van der Waals surface area contributed by atoms with Gasteiger partial charge in [-0.2, -0.15) is 0 Å². The van der Waals surface area contributed by atoms with Crippen LogP contribution in [-0.4, -0.2) is 43.7 Å². The van der Waals surface area contributed by atoms with Gasteiger partial charge in [-0.1, -0.05) is 30.3 Å². The predicted octanol–water partition coefficient (Wildman–Crippen LogP) is 4.12. The first-order chi connectivity index (χ1) is 14.1. The molecule has 0 spiro atoms. The fourth-order valence-corrected chi connectivity index (χ4v) is 3.84. The molecule has 0 aliphatic carbocycles. The maximum absolute atomic E-state index is 12.9. The standard InChI is InChI=1S/C23H28N2O4/c1-3-29-21(26)23(16-18-8-5-4-6-9-18)14-7-15-25(17-23)22(27)24-19-10-12-20(28-2)13-11-19/h4-6,8-13H,3,7,14-17H2,1-2H3,(H,24,27)/t23-/m1/s1. The van der Waals surface area contributed by atoms with Crippen LogP contribution in [0.15, 0.2) is 54.6 Å². The summed E-state index contributed by atoms with van der Waals surface area (Å²) in [6, 6.07) is 16.9. The molecule has 1 atom stereocenters. The molecule has 6 nitrogen and oxygen atoms in total. The van der Waals surface area contributed by atoms with Gasteiger partial charge in [-0.05, 0) is 56.0 Å². The highest BCUT2D eigenvalue weighted by Crippen LogP contribution is 2.35. The van der Waals surface area contributed by atoms with E-state index in [0.29, 0.717) is 38.2 Å². The highest BCUT2D eigenvalue weighted by molar-refractivity contribution is 5.90. The van der Waals surface area contributed by atoms with Gasteiger partial charge in [0.05, 0.1) is 19.1 Å². The van der Waals surface area contributed by atoms with E-state index in [1.54, 1.807) is 36.3 Å². The van der Waals surface area contributed by atoms with Crippen LogP contribution >= 0.6 is 0 Å². The number of esters is 1. The molecule has 0 aromatic heterocycles. The number of methoxy groups -OCH3 is 1. The molecule has 0 bridgehead atoms. The number of benzene rings is 2. The smallest absolute Gasteiger partial charge is 0.321 e. The van der Waals surface area contributed by atoms with Crippen molar-refractivity contribution < 1.29 is 19.1 Å². The van der Waals surface area contributed by atoms with Crippen molar-refractivity contribution in [1.82, 2.24) is 4.90 Å². The number of carbonyl (C=O) groups excluding carboxylic acids is 2. The molecular formula is C23H28N2O4. The van der Waals surface area contributed by atoms with Gasteiger partial charge >= 0.3 is 12.0 Å². The summed E-state index contributed by atoms with van der Waals surface area (Å²) in [5.74, 6) is 0.496. The Morgan fingerprint density at radius 2 is 1.83 bits per heavy atom. The van der Waals surface area contributed by atoms with E-state index in [1.165, 1.54) is 0 Å². The van der Waals surface area contributed by atoms with Crippen molar-refractivity contribution in [3.8, 4) is 5.75 Å². The first-order valence-corrected chi connectivity index (χ1v) is 9.97. The van der Waals surface area contributed by atoms with Crippen LogP contribution in [0.4, 0.5) is 10.5 Å². The van der Waals surface area contributed by atoms with Gasteiger partial charge < -0.3 is 19.7 Å². The molecule has 1 fully saturated rings. The lowest BCUT2D eigenvalue weighted by atomic mass is 9.75. The molecule has 29 heavy (non-hydrogen) atoms. The number of anilines is 1. The second-order valence-corrected chi connectivity index (χ2v) is 7.35. The Morgan fingerprint density at radius 3 is 2.48 bits per heavy atom. The van der Waals surface area contributed by atoms with Crippen molar-refractivity contribution in [2.75, 3.05) is 32.1 Å². The molecule has 0 radical (unpaired) electrons. The molecule has 3 rings (SSSR count). The summed E-state index contributed by atoms with van der Waals surface area (Å²) in [7, 11) is 1.60. The van der Waals surface area contributed by atoms with Crippen molar-refractivity contribution >= 4 is 17.7 Å². The van der Waals surface area contributed by atoms with Crippen LogP contribution in [-0.2, 0) is 16.0 Å². The van der Waals surface area contributed by atoms with Crippen molar-refractivity contribution in [2.45, 2.75) is 26.2 Å². The second kappa shape index (κ2) is 9.45. The van der Waals surface area contributed by atoms with Gasteiger partial charge in [-0.3, -0.25) is 4.79 Å². The number of hydrogen-bond acceptors (Lipinski definition) is 4. The molecular weight excluding hydrogens is 368 g/mol. The summed E-state index contributed by atoms with van der Waals surface area (Å²) < 4.78 is 10.6. The SMILES string of the molecule is CCOC(=O)[C@@]1(Cc2ccccc2)CCCN(C(=O)Nc2ccc(OC)cc2)C1. The molecule has 1 aliphatic heterocycles. The summed E-state index contributed by atoms with van der Waals surface area (Å²) in [5, 5.41) is 2.91. The van der Waals surface area contributed by atoms with Gasteiger partial charge in [-0.25, -0.2) is 4.79 Å². The molecule has 2 aromatic carbocycles. The summed E-state index contributed by atoms with van der Waals surface area (Å²) in [6.07, 6.45) is 2.01. The van der Waals surface area contributed by atoms with Crippen molar-refractivity contribution in [3.05, 3.63) is 60.2 Å². The predicted molar refractivity (Wildman–Crippen MR) is 112 cm³/mol. The lowest BCUT2D eigenvalue weighted by Crippen LogP contribution is -2.52. The number of ether oxygens (including phenoxy) is 2. The van der Waals surface area contributed by atoms with Crippen molar-refractivity contribution in [3.63, 3.8) is 0 Å². The van der Waals surface area contributed by atoms with Gasteiger partial charge in [0, 0.05) is 18.8 Å². The lowest BCUT2D eigenvalue weighted by Gasteiger charge is -2.41. The Labute approximate surface area is 171 Å². The fraction of sp³-hybridized carbons (Fsp3) is 0.391.